The van der Waals surface area contributed by atoms with Crippen molar-refractivity contribution >= 4 is 28.2 Å². The Morgan fingerprint density at radius 3 is 2.48 bits per heavy atom. The molecule has 136 valence electrons. The van der Waals surface area contributed by atoms with Crippen molar-refractivity contribution in [3.05, 3.63) is 72.1 Å². The molecular weight excluding hydrogens is 378 g/mol. The van der Waals surface area contributed by atoms with Crippen molar-refractivity contribution in [2.45, 2.75) is 23.1 Å². The predicted octanol–water partition coefficient (Wildman–Crippen LogP) is 5.05. The maximum absolute atomic E-state index is 5.81. The minimum Gasteiger partial charge on any atom is -0.419 e. The summed E-state index contributed by atoms with van der Waals surface area (Å²) in [5.41, 5.74) is 2.12. The second-order valence-electron chi connectivity index (χ2n) is 5.78. The number of nitrogens with zero attached hydrogens (tertiary/aromatic N) is 4. The molecule has 4 rings (SSSR count). The highest BCUT2D eigenvalue weighted by Crippen LogP contribution is 2.37. The van der Waals surface area contributed by atoms with Crippen LogP contribution in [0, 0.1) is 0 Å². The standard InChI is InChI=1S/C19H17N5OS2/c1-13(16-21-22-17(25-16)15-10-6-3-7-11-15)26-19-24-23-18(27-19)20-12-14-8-4-2-5-9-14/h2-11,13H,12H2,1H3,(H,20,23)/t13-/m1/s1. The minimum absolute atomic E-state index is 0.00937. The first-order valence-electron chi connectivity index (χ1n) is 8.45. The molecule has 0 saturated heterocycles. The van der Waals surface area contributed by atoms with Gasteiger partial charge >= 0.3 is 0 Å². The van der Waals surface area contributed by atoms with Crippen LogP contribution in [0.1, 0.15) is 23.6 Å². The van der Waals surface area contributed by atoms with Crippen LogP contribution in [0.3, 0.4) is 0 Å². The van der Waals surface area contributed by atoms with Crippen LogP contribution in [0.2, 0.25) is 0 Å². The molecule has 8 heteroatoms. The van der Waals surface area contributed by atoms with Crippen LogP contribution in [-0.4, -0.2) is 20.4 Å². The highest BCUT2D eigenvalue weighted by Gasteiger charge is 2.18. The van der Waals surface area contributed by atoms with Gasteiger partial charge in [0.2, 0.25) is 16.9 Å². The van der Waals surface area contributed by atoms with E-state index in [0.29, 0.717) is 11.8 Å². The van der Waals surface area contributed by atoms with Gasteiger partial charge in [0.1, 0.15) is 0 Å². The molecule has 0 amide bonds. The average Bonchev–Trinajstić information content (AvgIpc) is 3.38. The fraction of sp³-hybridized carbons (Fsp3) is 0.158. The first-order valence-corrected chi connectivity index (χ1v) is 10.1. The summed E-state index contributed by atoms with van der Waals surface area (Å²) >= 11 is 3.07. The molecule has 0 spiro atoms. The van der Waals surface area contributed by atoms with Gasteiger partial charge in [0.05, 0.1) is 5.25 Å². The second kappa shape index (κ2) is 8.32. The normalized spacial score (nSPS) is 12.0. The summed E-state index contributed by atoms with van der Waals surface area (Å²) in [6.07, 6.45) is 0. The van der Waals surface area contributed by atoms with Gasteiger partial charge in [-0.1, -0.05) is 71.6 Å². The Bertz CT molecular complexity index is 988. The maximum Gasteiger partial charge on any atom is 0.247 e. The summed E-state index contributed by atoms with van der Waals surface area (Å²) in [6, 6.07) is 19.9. The van der Waals surface area contributed by atoms with E-state index in [-0.39, 0.29) is 5.25 Å². The monoisotopic (exact) mass is 395 g/mol. The third-order valence-corrected chi connectivity index (χ3v) is 5.83. The van der Waals surface area contributed by atoms with Crippen molar-refractivity contribution in [2.75, 3.05) is 5.32 Å². The number of hydrogen-bond donors (Lipinski definition) is 1. The summed E-state index contributed by atoms with van der Waals surface area (Å²) in [7, 11) is 0. The summed E-state index contributed by atoms with van der Waals surface area (Å²) in [5.74, 6) is 1.10. The van der Waals surface area contributed by atoms with E-state index in [1.54, 1.807) is 11.8 Å². The fourth-order valence-electron chi connectivity index (χ4n) is 2.40. The smallest absolute Gasteiger partial charge is 0.247 e. The number of nitrogens with one attached hydrogen (secondary N) is 1. The van der Waals surface area contributed by atoms with Crippen molar-refractivity contribution in [3.63, 3.8) is 0 Å². The number of hydrogen-bond acceptors (Lipinski definition) is 8. The molecule has 0 aliphatic rings. The van der Waals surface area contributed by atoms with E-state index < -0.39 is 0 Å². The van der Waals surface area contributed by atoms with Gasteiger partial charge in [-0.05, 0) is 24.6 Å². The molecule has 2 aromatic carbocycles. The number of anilines is 1. The quantitative estimate of drug-likeness (QED) is 0.439. The van der Waals surface area contributed by atoms with Gasteiger partial charge in [-0.3, -0.25) is 0 Å². The maximum atomic E-state index is 5.81. The molecule has 1 N–H and O–H groups in total. The Morgan fingerprint density at radius 1 is 0.963 bits per heavy atom. The molecule has 0 unspecified atom stereocenters. The van der Waals surface area contributed by atoms with Crippen molar-refractivity contribution < 1.29 is 4.42 Å². The lowest BCUT2D eigenvalue weighted by Gasteiger charge is -2.02. The number of benzene rings is 2. The van der Waals surface area contributed by atoms with Crippen molar-refractivity contribution in [1.29, 1.82) is 0 Å². The molecule has 0 bridgehead atoms. The number of aromatic nitrogens is 4. The van der Waals surface area contributed by atoms with Crippen molar-refractivity contribution in [1.82, 2.24) is 20.4 Å². The molecule has 6 nitrogen and oxygen atoms in total. The second-order valence-corrected chi connectivity index (χ2v) is 8.35. The average molecular weight is 396 g/mol. The first-order chi connectivity index (χ1) is 13.3. The van der Waals surface area contributed by atoms with Crippen LogP contribution >= 0.6 is 23.1 Å². The molecule has 2 aromatic heterocycles. The molecular formula is C19H17N5OS2. The van der Waals surface area contributed by atoms with Crippen molar-refractivity contribution in [2.24, 2.45) is 0 Å². The van der Waals surface area contributed by atoms with E-state index in [1.807, 2.05) is 55.5 Å². The lowest BCUT2D eigenvalue weighted by Crippen LogP contribution is -1.98. The van der Waals surface area contributed by atoms with Gasteiger partial charge in [-0.2, -0.15) is 0 Å². The zero-order valence-electron chi connectivity index (χ0n) is 14.6. The molecule has 4 aromatic rings. The Hall–Kier alpha value is -2.71. The highest BCUT2D eigenvalue weighted by molar-refractivity contribution is 8.01. The highest BCUT2D eigenvalue weighted by atomic mass is 32.2. The predicted molar refractivity (Wildman–Crippen MR) is 108 cm³/mol. The summed E-state index contributed by atoms with van der Waals surface area (Å²) < 4.78 is 6.67. The lowest BCUT2D eigenvalue weighted by molar-refractivity contribution is 0.509. The zero-order chi connectivity index (χ0) is 18.5. The molecule has 0 fully saturated rings. The number of thioether (sulfide) groups is 1. The molecule has 0 radical (unpaired) electrons. The van der Waals surface area contributed by atoms with Gasteiger partial charge in [0.25, 0.3) is 0 Å². The van der Waals surface area contributed by atoms with Crippen LogP contribution in [0.25, 0.3) is 11.5 Å². The first kappa shape index (κ1) is 17.7. The minimum atomic E-state index is -0.00937. The summed E-state index contributed by atoms with van der Waals surface area (Å²) in [6.45, 7) is 2.74. The van der Waals surface area contributed by atoms with Gasteiger partial charge in [-0.25, -0.2) is 0 Å². The van der Waals surface area contributed by atoms with E-state index in [4.69, 9.17) is 4.42 Å². The third-order valence-electron chi connectivity index (χ3n) is 3.78. The van der Waals surface area contributed by atoms with E-state index in [1.165, 1.54) is 16.9 Å². The Balaban J connectivity index is 1.37. The van der Waals surface area contributed by atoms with E-state index >= 15 is 0 Å². The van der Waals surface area contributed by atoms with Crippen LogP contribution in [0.4, 0.5) is 5.13 Å². The lowest BCUT2D eigenvalue weighted by atomic mass is 10.2. The van der Waals surface area contributed by atoms with Crippen molar-refractivity contribution in [3.8, 4) is 11.5 Å². The largest absolute Gasteiger partial charge is 0.419 e. The fourth-order valence-corrected chi connectivity index (χ4v) is 4.32. The Morgan fingerprint density at radius 2 is 1.70 bits per heavy atom. The van der Waals surface area contributed by atoms with E-state index in [0.717, 1.165) is 21.6 Å². The van der Waals surface area contributed by atoms with Gasteiger partial charge in [0, 0.05) is 12.1 Å². The Labute approximate surface area is 165 Å². The third kappa shape index (κ3) is 4.53. The van der Waals surface area contributed by atoms with Crippen LogP contribution in [0.15, 0.2) is 69.4 Å². The topological polar surface area (TPSA) is 76.7 Å². The number of rotatable bonds is 7. The molecule has 2 heterocycles. The van der Waals surface area contributed by atoms with Crippen LogP contribution in [-0.2, 0) is 6.54 Å². The van der Waals surface area contributed by atoms with Gasteiger partial charge in [0.15, 0.2) is 4.34 Å². The SMILES string of the molecule is C[C@@H](Sc1nnc(NCc2ccccc2)s1)c1nnc(-c2ccccc2)o1. The molecule has 0 saturated carbocycles. The van der Waals surface area contributed by atoms with E-state index in [9.17, 15) is 0 Å². The van der Waals surface area contributed by atoms with Crippen LogP contribution < -0.4 is 5.32 Å². The molecule has 0 aliphatic carbocycles. The molecule has 27 heavy (non-hydrogen) atoms. The summed E-state index contributed by atoms with van der Waals surface area (Å²) in [5, 5.41) is 20.8. The zero-order valence-corrected chi connectivity index (χ0v) is 16.2. The Kier molecular flexibility index (Phi) is 5.45. The van der Waals surface area contributed by atoms with Gasteiger partial charge in [-0.15, -0.1) is 20.4 Å². The van der Waals surface area contributed by atoms with E-state index in [2.05, 4.69) is 37.8 Å². The summed E-state index contributed by atoms with van der Waals surface area (Å²) in [4.78, 5) is 0. The van der Waals surface area contributed by atoms with Crippen LogP contribution in [0.5, 0.6) is 0 Å². The van der Waals surface area contributed by atoms with Gasteiger partial charge < -0.3 is 9.73 Å². The molecule has 1 atom stereocenters. The molecule has 0 aliphatic heterocycles.